The lowest BCUT2D eigenvalue weighted by atomic mass is 9.83. The molecule has 20 heavy (non-hydrogen) atoms. The van der Waals surface area contributed by atoms with E-state index in [1.807, 2.05) is 6.92 Å². The second-order valence-electron chi connectivity index (χ2n) is 6.43. The topological polar surface area (TPSA) is 80.4 Å². The fraction of sp³-hybridized carbons (Fsp3) is 0.533. The number of Topliss-reactive ketones (excluding diaryl/α,β-unsaturated/α-hetero) is 1. The molecule has 1 aromatic carbocycles. The van der Waals surface area contributed by atoms with Gasteiger partial charge in [0.05, 0.1) is 10.5 Å². The number of carbonyl (C=O) groups is 1. The molecule has 0 aliphatic rings. The maximum Gasteiger partial charge on any atom is 0.311 e. The predicted octanol–water partition coefficient (Wildman–Crippen LogP) is 3.95. The quantitative estimate of drug-likeness (QED) is 0.503. The van der Waals surface area contributed by atoms with Gasteiger partial charge < -0.3 is 5.11 Å². The van der Waals surface area contributed by atoms with Gasteiger partial charge in [0, 0.05) is 12.5 Å². The van der Waals surface area contributed by atoms with E-state index in [2.05, 4.69) is 20.8 Å². The van der Waals surface area contributed by atoms with Crippen molar-refractivity contribution in [3.63, 3.8) is 0 Å². The Hall–Kier alpha value is -1.91. The molecule has 1 unspecified atom stereocenters. The second-order valence-corrected chi connectivity index (χ2v) is 6.43. The molecule has 0 heterocycles. The average molecular weight is 279 g/mol. The molecule has 5 heteroatoms. The monoisotopic (exact) mass is 279 g/mol. The third-order valence-electron chi connectivity index (χ3n) is 3.01. The minimum absolute atomic E-state index is 0.0277. The van der Waals surface area contributed by atoms with E-state index >= 15 is 0 Å². The Labute approximate surface area is 118 Å². The number of ketones is 1. The molecule has 1 aromatic rings. The number of phenolic OH excluding ortho intramolecular Hbond substituents is 1. The summed E-state index contributed by atoms with van der Waals surface area (Å²) in [6.45, 7) is 8.26. The van der Waals surface area contributed by atoms with Crippen molar-refractivity contribution in [2.45, 2.75) is 40.5 Å². The molecule has 5 nitrogen and oxygen atoms in total. The molecule has 0 saturated heterocycles. The summed E-state index contributed by atoms with van der Waals surface area (Å²) in [5.41, 5.74) is -0.288. The maximum atomic E-state index is 12.2. The summed E-state index contributed by atoms with van der Waals surface area (Å²) in [5.74, 6) is -0.644. The molecule has 0 aliphatic heterocycles. The SMILES string of the molecule is CC(CC(=O)c1cccc([N+](=O)[O-])c1O)CC(C)(C)C. The van der Waals surface area contributed by atoms with Crippen LogP contribution >= 0.6 is 0 Å². The lowest BCUT2D eigenvalue weighted by molar-refractivity contribution is -0.385. The number of carbonyl (C=O) groups excluding carboxylic acids is 1. The molecule has 0 amide bonds. The van der Waals surface area contributed by atoms with Gasteiger partial charge in [0.1, 0.15) is 0 Å². The normalized spacial score (nSPS) is 13.0. The van der Waals surface area contributed by atoms with Gasteiger partial charge in [-0.3, -0.25) is 14.9 Å². The average Bonchev–Trinajstić information content (AvgIpc) is 2.25. The Morgan fingerprint density at radius 1 is 1.40 bits per heavy atom. The van der Waals surface area contributed by atoms with Gasteiger partial charge in [0.2, 0.25) is 5.75 Å². The fourth-order valence-corrected chi connectivity index (χ4v) is 2.45. The third-order valence-corrected chi connectivity index (χ3v) is 3.01. The summed E-state index contributed by atoms with van der Waals surface area (Å²) in [4.78, 5) is 22.2. The molecule has 0 bridgehead atoms. The van der Waals surface area contributed by atoms with Crippen molar-refractivity contribution in [3.05, 3.63) is 33.9 Å². The van der Waals surface area contributed by atoms with Crippen LogP contribution in [0.4, 0.5) is 5.69 Å². The molecule has 0 radical (unpaired) electrons. The largest absolute Gasteiger partial charge is 0.502 e. The maximum absolute atomic E-state index is 12.2. The van der Waals surface area contributed by atoms with Crippen LogP contribution in [-0.2, 0) is 0 Å². The van der Waals surface area contributed by atoms with Crippen LogP contribution in [0.5, 0.6) is 5.75 Å². The number of para-hydroxylation sites is 1. The molecule has 0 saturated carbocycles. The van der Waals surface area contributed by atoms with E-state index < -0.39 is 16.4 Å². The zero-order valence-corrected chi connectivity index (χ0v) is 12.3. The van der Waals surface area contributed by atoms with Crippen LogP contribution < -0.4 is 0 Å². The smallest absolute Gasteiger partial charge is 0.311 e. The molecule has 110 valence electrons. The number of nitrogens with zero attached hydrogens (tertiary/aromatic N) is 1. The zero-order valence-electron chi connectivity index (χ0n) is 12.3. The van der Waals surface area contributed by atoms with E-state index in [4.69, 9.17) is 0 Å². The van der Waals surface area contributed by atoms with Gasteiger partial charge in [-0.05, 0) is 23.8 Å². The molecular formula is C15H21NO4. The molecular weight excluding hydrogens is 258 g/mol. The Kier molecular flexibility index (Phi) is 4.87. The van der Waals surface area contributed by atoms with Crippen molar-refractivity contribution >= 4 is 11.5 Å². The van der Waals surface area contributed by atoms with Crippen LogP contribution in [-0.4, -0.2) is 15.8 Å². The van der Waals surface area contributed by atoms with E-state index in [1.54, 1.807) is 0 Å². The summed E-state index contributed by atoms with van der Waals surface area (Å²) < 4.78 is 0. The highest BCUT2D eigenvalue weighted by Gasteiger charge is 2.23. The second kappa shape index (κ2) is 6.03. The zero-order chi connectivity index (χ0) is 15.5. The van der Waals surface area contributed by atoms with Crippen molar-refractivity contribution in [1.82, 2.24) is 0 Å². The van der Waals surface area contributed by atoms with Gasteiger partial charge >= 0.3 is 5.69 Å². The van der Waals surface area contributed by atoms with Crippen LogP contribution in [0.3, 0.4) is 0 Å². The lowest BCUT2D eigenvalue weighted by Crippen LogP contribution is -2.14. The van der Waals surface area contributed by atoms with Crippen molar-refractivity contribution < 1.29 is 14.8 Å². The number of benzene rings is 1. The van der Waals surface area contributed by atoms with Crippen LogP contribution in [0.2, 0.25) is 0 Å². The molecule has 1 N–H and O–H groups in total. The van der Waals surface area contributed by atoms with Crippen LogP contribution in [0.25, 0.3) is 0 Å². The van der Waals surface area contributed by atoms with Gasteiger partial charge in [-0.25, -0.2) is 0 Å². The van der Waals surface area contributed by atoms with E-state index in [0.29, 0.717) is 0 Å². The summed E-state index contributed by atoms with van der Waals surface area (Å²) >= 11 is 0. The Morgan fingerprint density at radius 2 is 2.00 bits per heavy atom. The number of hydrogen-bond donors (Lipinski definition) is 1. The van der Waals surface area contributed by atoms with Crippen molar-refractivity contribution in [3.8, 4) is 5.75 Å². The van der Waals surface area contributed by atoms with Crippen LogP contribution in [0.15, 0.2) is 18.2 Å². The Morgan fingerprint density at radius 3 is 2.50 bits per heavy atom. The highest BCUT2D eigenvalue weighted by Crippen LogP contribution is 2.32. The molecule has 0 aliphatic carbocycles. The number of aromatic hydroxyl groups is 1. The predicted molar refractivity (Wildman–Crippen MR) is 76.9 cm³/mol. The first-order chi connectivity index (χ1) is 9.11. The minimum Gasteiger partial charge on any atom is -0.502 e. The third kappa shape index (κ3) is 4.33. The number of hydrogen-bond acceptors (Lipinski definition) is 4. The fourth-order valence-electron chi connectivity index (χ4n) is 2.45. The first-order valence-corrected chi connectivity index (χ1v) is 6.61. The number of nitro benzene ring substituents is 1. The van der Waals surface area contributed by atoms with Gasteiger partial charge in [-0.2, -0.15) is 0 Å². The first-order valence-electron chi connectivity index (χ1n) is 6.61. The molecule has 0 spiro atoms. The first kappa shape index (κ1) is 16.1. The highest BCUT2D eigenvalue weighted by atomic mass is 16.6. The van der Waals surface area contributed by atoms with E-state index in [-0.39, 0.29) is 29.1 Å². The lowest BCUT2D eigenvalue weighted by Gasteiger charge is -2.22. The number of nitro groups is 1. The van der Waals surface area contributed by atoms with Gasteiger partial charge in [0.15, 0.2) is 5.78 Å². The van der Waals surface area contributed by atoms with E-state index in [0.717, 1.165) is 6.42 Å². The van der Waals surface area contributed by atoms with Crippen LogP contribution in [0, 0.1) is 21.4 Å². The number of rotatable bonds is 5. The molecule has 0 aromatic heterocycles. The van der Waals surface area contributed by atoms with Crippen LogP contribution in [0.1, 0.15) is 50.9 Å². The van der Waals surface area contributed by atoms with Gasteiger partial charge in [0.25, 0.3) is 0 Å². The van der Waals surface area contributed by atoms with Gasteiger partial charge in [-0.15, -0.1) is 0 Å². The van der Waals surface area contributed by atoms with Crippen molar-refractivity contribution in [1.29, 1.82) is 0 Å². The molecule has 0 fully saturated rings. The van der Waals surface area contributed by atoms with Gasteiger partial charge in [-0.1, -0.05) is 33.8 Å². The van der Waals surface area contributed by atoms with E-state index in [9.17, 15) is 20.0 Å². The minimum atomic E-state index is -0.690. The molecule has 1 atom stereocenters. The van der Waals surface area contributed by atoms with Crippen molar-refractivity contribution in [2.75, 3.05) is 0 Å². The number of phenols is 1. The van der Waals surface area contributed by atoms with Crippen molar-refractivity contribution in [2.24, 2.45) is 11.3 Å². The summed E-state index contributed by atoms with van der Waals surface area (Å²) in [5, 5.41) is 20.6. The Bertz CT molecular complexity index is 517. The summed E-state index contributed by atoms with van der Waals surface area (Å²) in [7, 11) is 0. The van der Waals surface area contributed by atoms with E-state index in [1.165, 1.54) is 18.2 Å². The Balaban J connectivity index is 2.88. The summed E-state index contributed by atoms with van der Waals surface area (Å²) in [6.07, 6.45) is 1.14. The molecule has 1 rings (SSSR count). The summed E-state index contributed by atoms with van der Waals surface area (Å²) in [6, 6.07) is 4.03. The standard InChI is InChI=1S/C15H21NO4/c1-10(9-15(2,3)4)8-13(17)11-6-5-7-12(14(11)18)16(19)20/h5-7,10,18H,8-9H2,1-4H3. The highest BCUT2D eigenvalue weighted by molar-refractivity contribution is 5.99.